The lowest BCUT2D eigenvalue weighted by Gasteiger charge is -2.15. The van der Waals surface area contributed by atoms with Crippen LogP contribution in [-0.2, 0) is 6.54 Å². The molecule has 0 fully saturated rings. The Morgan fingerprint density at radius 3 is 2.42 bits per heavy atom. The molecule has 0 saturated heterocycles. The molecule has 33 heavy (non-hydrogen) atoms. The highest BCUT2D eigenvalue weighted by atomic mass is 35.5. The van der Waals surface area contributed by atoms with E-state index in [1.807, 2.05) is 44.2 Å². The Morgan fingerprint density at radius 2 is 1.73 bits per heavy atom. The summed E-state index contributed by atoms with van der Waals surface area (Å²) in [5.74, 6) is 2.20. The van der Waals surface area contributed by atoms with Crippen LogP contribution in [0.3, 0.4) is 0 Å². The molecule has 6 nitrogen and oxygen atoms in total. The van der Waals surface area contributed by atoms with Gasteiger partial charge in [-0.25, -0.2) is 0 Å². The molecule has 0 saturated carbocycles. The van der Waals surface area contributed by atoms with Crippen molar-refractivity contribution in [1.29, 1.82) is 0 Å². The number of aryl methyl sites for hydroxylation is 3. The summed E-state index contributed by atoms with van der Waals surface area (Å²) in [5, 5.41) is 15.6. The van der Waals surface area contributed by atoms with E-state index in [4.69, 9.17) is 32.7 Å². The number of hydrogen-bond acceptors (Lipinski definition) is 5. The van der Waals surface area contributed by atoms with E-state index >= 15 is 0 Å². The minimum atomic E-state index is 0.499. The van der Waals surface area contributed by atoms with E-state index < -0.39 is 0 Å². The molecule has 0 aliphatic heterocycles. The van der Waals surface area contributed by atoms with E-state index in [2.05, 4.69) is 33.9 Å². The highest BCUT2D eigenvalue weighted by molar-refractivity contribution is 6.35. The average molecular weight is 485 g/mol. The summed E-state index contributed by atoms with van der Waals surface area (Å²) in [4.78, 5) is 0. The SMILES string of the molecule is CCOc1ccc(-n2c(C)c3c(C)nnc(NCc4ccc(Cl)cc4Cl)c3c2C)c(OC)c1. The summed E-state index contributed by atoms with van der Waals surface area (Å²) >= 11 is 12.4. The van der Waals surface area contributed by atoms with Crippen LogP contribution in [0.4, 0.5) is 5.82 Å². The van der Waals surface area contributed by atoms with Crippen LogP contribution in [0, 0.1) is 20.8 Å². The minimum absolute atomic E-state index is 0.499. The zero-order valence-electron chi connectivity index (χ0n) is 19.3. The van der Waals surface area contributed by atoms with Gasteiger partial charge in [0.15, 0.2) is 5.82 Å². The van der Waals surface area contributed by atoms with Crippen LogP contribution in [0.25, 0.3) is 16.5 Å². The van der Waals surface area contributed by atoms with Gasteiger partial charge in [-0.1, -0.05) is 29.3 Å². The van der Waals surface area contributed by atoms with Crippen molar-refractivity contribution >= 4 is 39.8 Å². The molecule has 1 N–H and O–H groups in total. The summed E-state index contributed by atoms with van der Waals surface area (Å²) in [5.41, 5.74) is 4.82. The Hall–Kier alpha value is -2.96. The number of benzene rings is 2. The van der Waals surface area contributed by atoms with Gasteiger partial charge in [-0.05, 0) is 57.5 Å². The van der Waals surface area contributed by atoms with E-state index in [0.717, 1.165) is 50.6 Å². The van der Waals surface area contributed by atoms with Crippen LogP contribution in [0.1, 0.15) is 29.6 Å². The lowest BCUT2D eigenvalue weighted by Crippen LogP contribution is -2.05. The Labute approximate surface area is 203 Å². The number of rotatable bonds is 7. The molecule has 2 aromatic heterocycles. The lowest BCUT2D eigenvalue weighted by molar-refractivity contribution is 0.336. The molecule has 0 atom stereocenters. The smallest absolute Gasteiger partial charge is 0.158 e. The molecule has 0 aliphatic carbocycles. The van der Waals surface area contributed by atoms with E-state index in [1.54, 1.807) is 13.2 Å². The summed E-state index contributed by atoms with van der Waals surface area (Å²) < 4.78 is 13.5. The van der Waals surface area contributed by atoms with Gasteiger partial charge in [-0.3, -0.25) is 0 Å². The molecule has 0 spiro atoms. The van der Waals surface area contributed by atoms with Crippen LogP contribution in [0.5, 0.6) is 11.5 Å². The second-order valence-electron chi connectivity index (χ2n) is 7.75. The van der Waals surface area contributed by atoms with Crippen molar-refractivity contribution < 1.29 is 9.47 Å². The van der Waals surface area contributed by atoms with Crippen molar-refractivity contribution in [3.63, 3.8) is 0 Å². The number of aromatic nitrogens is 3. The van der Waals surface area contributed by atoms with Crippen molar-refractivity contribution in [2.75, 3.05) is 19.0 Å². The number of methoxy groups -OCH3 is 1. The number of ether oxygens (including phenoxy) is 2. The molecular weight excluding hydrogens is 459 g/mol. The van der Waals surface area contributed by atoms with Crippen molar-refractivity contribution in [1.82, 2.24) is 14.8 Å². The van der Waals surface area contributed by atoms with Gasteiger partial charge in [0.2, 0.25) is 0 Å². The van der Waals surface area contributed by atoms with Gasteiger partial charge >= 0.3 is 0 Å². The fourth-order valence-electron chi connectivity index (χ4n) is 4.22. The Morgan fingerprint density at radius 1 is 0.970 bits per heavy atom. The molecule has 0 amide bonds. The van der Waals surface area contributed by atoms with Gasteiger partial charge < -0.3 is 19.4 Å². The summed E-state index contributed by atoms with van der Waals surface area (Å²) in [6.45, 7) is 9.19. The van der Waals surface area contributed by atoms with Crippen molar-refractivity contribution in [3.05, 3.63) is 69.1 Å². The zero-order valence-corrected chi connectivity index (χ0v) is 20.8. The van der Waals surface area contributed by atoms with E-state index in [1.165, 1.54) is 0 Å². The molecule has 4 rings (SSSR count). The van der Waals surface area contributed by atoms with Crippen LogP contribution in [0.2, 0.25) is 10.0 Å². The topological polar surface area (TPSA) is 61.2 Å². The van der Waals surface area contributed by atoms with E-state index in [-0.39, 0.29) is 0 Å². The van der Waals surface area contributed by atoms with E-state index in [9.17, 15) is 0 Å². The number of halogens is 2. The van der Waals surface area contributed by atoms with Gasteiger partial charge in [0.1, 0.15) is 11.5 Å². The standard InChI is InChI=1S/C25H26Cl2N4O2/c1-6-33-19-9-10-21(22(12-19)32-5)31-15(3)23-14(2)29-30-25(24(23)16(31)4)28-13-17-7-8-18(26)11-20(17)27/h7-12H,6,13H2,1-5H3,(H,28,30). The number of nitrogens with one attached hydrogen (secondary N) is 1. The first-order chi connectivity index (χ1) is 15.8. The quantitative estimate of drug-likeness (QED) is 0.317. The first-order valence-corrected chi connectivity index (χ1v) is 11.4. The number of anilines is 1. The summed E-state index contributed by atoms with van der Waals surface area (Å²) in [6, 6.07) is 11.3. The third-order valence-corrected chi connectivity index (χ3v) is 6.29. The largest absolute Gasteiger partial charge is 0.494 e. The fraction of sp³-hybridized carbons (Fsp3) is 0.280. The summed E-state index contributed by atoms with van der Waals surface area (Å²) in [7, 11) is 1.67. The first-order valence-electron chi connectivity index (χ1n) is 10.7. The third-order valence-electron chi connectivity index (χ3n) is 5.71. The van der Waals surface area contributed by atoms with Crippen LogP contribution < -0.4 is 14.8 Å². The zero-order chi connectivity index (χ0) is 23.7. The number of nitrogens with zero attached hydrogens (tertiary/aromatic N) is 3. The average Bonchev–Trinajstić information content (AvgIpc) is 3.06. The predicted octanol–water partition coefficient (Wildman–Crippen LogP) is 6.67. The molecule has 0 bridgehead atoms. The van der Waals surface area contributed by atoms with E-state index in [0.29, 0.717) is 29.0 Å². The van der Waals surface area contributed by atoms with Crippen LogP contribution in [-0.4, -0.2) is 28.5 Å². The second kappa shape index (κ2) is 9.49. The molecule has 2 heterocycles. The molecule has 8 heteroatoms. The monoisotopic (exact) mass is 484 g/mol. The summed E-state index contributed by atoms with van der Waals surface area (Å²) in [6.07, 6.45) is 0. The lowest BCUT2D eigenvalue weighted by atomic mass is 10.1. The maximum absolute atomic E-state index is 6.36. The molecular formula is C25H26Cl2N4O2. The van der Waals surface area contributed by atoms with Crippen molar-refractivity contribution in [3.8, 4) is 17.2 Å². The maximum Gasteiger partial charge on any atom is 0.158 e. The molecule has 2 aromatic carbocycles. The predicted molar refractivity (Wildman–Crippen MR) is 135 cm³/mol. The second-order valence-corrected chi connectivity index (χ2v) is 8.59. The highest BCUT2D eigenvalue weighted by Crippen LogP contribution is 2.38. The fourth-order valence-corrected chi connectivity index (χ4v) is 4.70. The normalized spacial score (nSPS) is 11.1. The van der Waals surface area contributed by atoms with Gasteiger partial charge in [0, 0.05) is 44.8 Å². The first kappa shape index (κ1) is 23.2. The van der Waals surface area contributed by atoms with Gasteiger partial charge in [0.25, 0.3) is 0 Å². The number of fused-ring (bicyclic) bond motifs is 1. The Balaban J connectivity index is 1.82. The number of hydrogen-bond donors (Lipinski definition) is 1. The molecule has 172 valence electrons. The molecule has 0 unspecified atom stereocenters. The molecule has 0 aliphatic rings. The van der Waals surface area contributed by atoms with Crippen LogP contribution in [0.15, 0.2) is 36.4 Å². The van der Waals surface area contributed by atoms with Crippen molar-refractivity contribution in [2.45, 2.75) is 34.2 Å². The van der Waals surface area contributed by atoms with Gasteiger partial charge in [-0.2, -0.15) is 5.10 Å². The van der Waals surface area contributed by atoms with Crippen LogP contribution >= 0.6 is 23.2 Å². The molecule has 4 aromatic rings. The Bertz CT molecular complexity index is 1330. The molecule has 0 radical (unpaired) electrons. The third kappa shape index (κ3) is 4.33. The maximum atomic E-state index is 6.36. The van der Waals surface area contributed by atoms with Gasteiger partial charge in [-0.15, -0.1) is 5.10 Å². The van der Waals surface area contributed by atoms with Crippen molar-refractivity contribution in [2.24, 2.45) is 0 Å². The Kier molecular flexibility index (Phi) is 6.68. The minimum Gasteiger partial charge on any atom is -0.494 e. The highest BCUT2D eigenvalue weighted by Gasteiger charge is 2.21. The van der Waals surface area contributed by atoms with Gasteiger partial charge in [0.05, 0.1) is 25.1 Å².